The van der Waals surface area contributed by atoms with E-state index in [0.717, 1.165) is 25.8 Å². The van der Waals surface area contributed by atoms with Gasteiger partial charge in [-0.3, -0.25) is 4.79 Å². The molecule has 19 heavy (non-hydrogen) atoms. The Hall–Kier alpha value is -0.610. The van der Waals surface area contributed by atoms with Crippen molar-refractivity contribution in [2.24, 2.45) is 11.8 Å². The fourth-order valence-corrected chi connectivity index (χ4v) is 3.24. The Labute approximate surface area is 116 Å². The first-order chi connectivity index (χ1) is 9.20. The molecule has 1 heterocycles. The van der Waals surface area contributed by atoms with Crippen LogP contribution in [0.4, 0.5) is 0 Å². The average Bonchev–Trinajstić information content (AvgIpc) is 2.46. The molecule has 4 heteroatoms. The van der Waals surface area contributed by atoms with Crippen molar-refractivity contribution in [3.8, 4) is 0 Å². The smallest absolute Gasteiger partial charge is 0.248 e. The number of hydrogen-bond donors (Lipinski definition) is 1. The Morgan fingerprint density at radius 2 is 2.05 bits per heavy atom. The molecule has 0 bridgehead atoms. The second-order valence-corrected chi connectivity index (χ2v) is 6.14. The van der Waals surface area contributed by atoms with Gasteiger partial charge in [-0.1, -0.05) is 19.8 Å². The fourth-order valence-electron chi connectivity index (χ4n) is 3.24. The van der Waals surface area contributed by atoms with Crippen LogP contribution in [-0.4, -0.2) is 48.3 Å². The highest BCUT2D eigenvalue weighted by atomic mass is 16.5. The minimum atomic E-state index is 0.0934. The molecule has 1 aliphatic heterocycles. The van der Waals surface area contributed by atoms with Crippen molar-refractivity contribution in [1.29, 1.82) is 0 Å². The van der Waals surface area contributed by atoms with Gasteiger partial charge in [-0.2, -0.15) is 0 Å². The number of amides is 1. The van der Waals surface area contributed by atoms with Gasteiger partial charge in [-0.25, -0.2) is 0 Å². The molecule has 2 fully saturated rings. The standard InChI is InChI=1S/C15H27NO3/c1-12-5-2-3-7-14(12)19-11-15(18)16-8-4-6-13(9-16)10-17/h12-14,17H,2-11H2,1H3. The maximum Gasteiger partial charge on any atom is 0.248 e. The van der Waals surface area contributed by atoms with Crippen LogP contribution in [0.25, 0.3) is 0 Å². The molecule has 0 spiro atoms. The monoisotopic (exact) mass is 269 g/mol. The molecule has 0 radical (unpaired) electrons. The van der Waals surface area contributed by atoms with E-state index in [4.69, 9.17) is 4.74 Å². The summed E-state index contributed by atoms with van der Waals surface area (Å²) in [5.41, 5.74) is 0. The van der Waals surface area contributed by atoms with E-state index in [1.54, 1.807) is 0 Å². The van der Waals surface area contributed by atoms with E-state index in [9.17, 15) is 9.90 Å². The van der Waals surface area contributed by atoms with Crippen LogP contribution in [0.15, 0.2) is 0 Å². The van der Waals surface area contributed by atoms with Gasteiger partial charge >= 0.3 is 0 Å². The van der Waals surface area contributed by atoms with Gasteiger partial charge in [-0.05, 0) is 37.5 Å². The van der Waals surface area contributed by atoms with Crippen LogP contribution in [0, 0.1) is 11.8 Å². The second-order valence-electron chi connectivity index (χ2n) is 6.14. The molecule has 2 aliphatic rings. The lowest BCUT2D eigenvalue weighted by molar-refractivity contribution is -0.142. The molecule has 0 aromatic carbocycles. The van der Waals surface area contributed by atoms with Crippen LogP contribution in [0.5, 0.6) is 0 Å². The summed E-state index contributed by atoms with van der Waals surface area (Å²) >= 11 is 0. The van der Waals surface area contributed by atoms with Crippen molar-refractivity contribution < 1.29 is 14.6 Å². The normalized spacial score (nSPS) is 32.3. The number of rotatable bonds is 4. The van der Waals surface area contributed by atoms with Crippen LogP contribution in [0.3, 0.4) is 0 Å². The van der Waals surface area contributed by atoms with Crippen molar-refractivity contribution in [2.75, 3.05) is 26.3 Å². The van der Waals surface area contributed by atoms with E-state index in [1.807, 2.05) is 4.90 Å². The topological polar surface area (TPSA) is 49.8 Å². The number of aliphatic hydroxyl groups excluding tert-OH is 1. The Balaban J connectivity index is 1.74. The average molecular weight is 269 g/mol. The molecule has 4 nitrogen and oxygen atoms in total. The lowest BCUT2D eigenvalue weighted by Crippen LogP contribution is -2.43. The molecule has 1 N–H and O–H groups in total. The molecule has 1 amide bonds. The predicted molar refractivity (Wildman–Crippen MR) is 73.8 cm³/mol. The summed E-state index contributed by atoms with van der Waals surface area (Å²) in [6.45, 7) is 4.13. The minimum absolute atomic E-state index is 0.0934. The Morgan fingerprint density at radius 1 is 1.26 bits per heavy atom. The van der Waals surface area contributed by atoms with Gasteiger partial charge in [0.15, 0.2) is 0 Å². The molecule has 3 unspecified atom stereocenters. The number of ether oxygens (including phenoxy) is 1. The highest BCUT2D eigenvalue weighted by Crippen LogP contribution is 2.26. The summed E-state index contributed by atoms with van der Waals surface area (Å²) in [5.74, 6) is 0.926. The summed E-state index contributed by atoms with van der Waals surface area (Å²) in [6.07, 6.45) is 7.11. The van der Waals surface area contributed by atoms with E-state index >= 15 is 0 Å². The van der Waals surface area contributed by atoms with Gasteiger partial charge in [0.1, 0.15) is 6.61 Å². The van der Waals surface area contributed by atoms with Crippen LogP contribution >= 0.6 is 0 Å². The van der Waals surface area contributed by atoms with Crippen molar-refractivity contribution in [3.05, 3.63) is 0 Å². The zero-order valence-electron chi connectivity index (χ0n) is 12.0. The fraction of sp³-hybridized carbons (Fsp3) is 0.933. The van der Waals surface area contributed by atoms with Gasteiger partial charge < -0.3 is 14.7 Å². The molecule has 2 rings (SSSR count). The molecule has 1 saturated heterocycles. The van der Waals surface area contributed by atoms with Gasteiger partial charge in [-0.15, -0.1) is 0 Å². The molecule has 1 aliphatic carbocycles. The molecule has 3 atom stereocenters. The number of likely N-dealkylation sites (tertiary alicyclic amines) is 1. The van der Waals surface area contributed by atoms with E-state index in [1.165, 1.54) is 19.3 Å². The Morgan fingerprint density at radius 3 is 2.79 bits per heavy atom. The lowest BCUT2D eigenvalue weighted by atomic mass is 9.88. The number of carbonyl (C=O) groups is 1. The maximum absolute atomic E-state index is 12.1. The number of aliphatic hydroxyl groups is 1. The number of nitrogens with zero attached hydrogens (tertiary/aromatic N) is 1. The zero-order valence-corrected chi connectivity index (χ0v) is 12.0. The first-order valence-electron chi connectivity index (χ1n) is 7.71. The second kappa shape index (κ2) is 7.25. The lowest BCUT2D eigenvalue weighted by Gasteiger charge is -2.33. The summed E-state index contributed by atoms with van der Waals surface area (Å²) in [6, 6.07) is 0. The zero-order chi connectivity index (χ0) is 13.7. The third-order valence-electron chi connectivity index (χ3n) is 4.58. The van der Waals surface area contributed by atoms with E-state index < -0.39 is 0 Å². The van der Waals surface area contributed by atoms with Crippen molar-refractivity contribution in [3.63, 3.8) is 0 Å². The molecule has 110 valence electrons. The van der Waals surface area contributed by atoms with Gasteiger partial charge in [0.2, 0.25) is 5.91 Å². The highest BCUT2D eigenvalue weighted by molar-refractivity contribution is 5.77. The molecule has 1 saturated carbocycles. The van der Waals surface area contributed by atoms with Crippen LogP contribution in [0.2, 0.25) is 0 Å². The Kier molecular flexibility index (Phi) is 5.64. The minimum Gasteiger partial charge on any atom is -0.396 e. The van der Waals surface area contributed by atoms with Gasteiger partial charge in [0.05, 0.1) is 6.10 Å². The van der Waals surface area contributed by atoms with Crippen molar-refractivity contribution in [1.82, 2.24) is 4.90 Å². The van der Waals surface area contributed by atoms with Crippen molar-refractivity contribution >= 4 is 5.91 Å². The summed E-state index contributed by atoms with van der Waals surface area (Å²) in [4.78, 5) is 14.0. The molecular weight excluding hydrogens is 242 g/mol. The third-order valence-corrected chi connectivity index (χ3v) is 4.58. The predicted octanol–water partition coefficient (Wildman–Crippen LogP) is 1.81. The third kappa shape index (κ3) is 4.18. The van der Waals surface area contributed by atoms with E-state index in [0.29, 0.717) is 12.5 Å². The number of carbonyl (C=O) groups excluding carboxylic acids is 1. The van der Waals surface area contributed by atoms with E-state index in [-0.39, 0.29) is 31.1 Å². The van der Waals surface area contributed by atoms with Crippen LogP contribution in [0.1, 0.15) is 45.4 Å². The SMILES string of the molecule is CC1CCCCC1OCC(=O)N1CCCC(CO)C1. The summed E-state index contributed by atoms with van der Waals surface area (Å²) in [5, 5.41) is 9.19. The van der Waals surface area contributed by atoms with Gasteiger partial charge in [0, 0.05) is 19.7 Å². The first-order valence-corrected chi connectivity index (χ1v) is 7.71. The van der Waals surface area contributed by atoms with Crippen LogP contribution in [-0.2, 0) is 9.53 Å². The number of piperidine rings is 1. The summed E-state index contributed by atoms with van der Waals surface area (Å²) < 4.78 is 5.83. The van der Waals surface area contributed by atoms with Crippen molar-refractivity contribution in [2.45, 2.75) is 51.6 Å². The van der Waals surface area contributed by atoms with Gasteiger partial charge in [0.25, 0.3) is 0 Å². The molecule has 0 aromatic rings. The molecular formula is C15H27NO3. The molecule has 0 aromatic heterocycles. The van der Waals surface area contributed by atoms with Crippen LogP contribution < -0.4 is 0 Å². The quantitative estimate of drug-likeness (QED) is 0.847. The largest absolute Gasteiger partial charge is 0.396 e. The highest BCUT2D eigenvalue weighted by Gasteiger charge is 2.26. The maximum atomic E-state index is 12.1. The Bertz CT molecular complexity index is 295. The number of hydrogen-bond acceptors (Lipinski definition) is 3. The first kappa shape index (κ1) is 14.8. The summed E-state index contributed by atoms with van der Waals surface area (Å²) in [7, 11) is 0. The van der Waals surface area contributed by atoms with E-state index in [2.05, 4.69) is 6.92 Å².